The van der Waals surface area contributed by atoms with Crippen LogP contribution in [0.5, 0.6) is 0 Å². The number of nitrogens with zero attached hydrogens (tertiary/aromatic N) is 2. The van der Waals surface area contributed by atoms with Gasteiger partial charge in [-0.2, -0.15) is 0 Å². The van der Waals surface area contributed by atoms with Crippen LogP contribution in [0.3, 0.4) is 0 Å². The molecule has 0 aliphatic carbocycles. The van der Waals surface area contributed by atoms with Gasteiger partial charge in [0.2, 0.25) is 0 Å². The van der Waals surface area contributed by atoms with Gasteiger partial charge in [0.25, 0.3) is 0 Å². The largest absolute Gasteiger partial charge is 0.391 e. The second-order valence-corrected chi connectivity index (χ2v) is 7.87. The van der Waals surface area contributed by atoms with Gasteiger partial charge in [-0.1, -0.05) is 24.4 Å². The van der Waals surface area contributed by atoms with Gasteiger partial charge in [-0.05, 0) is 34.4 Å². The quantitative estimate of drug-likeness (QED) is 0.507. The van der Waals surface area contributed by atoms with E-state index in [1.165, 1.54) is 21.6 Å². The van der Waals surface area contributed by atoms with E-state index in [4.69, 9.17) is 24.4 Å². The second-order valence-electron chi connectivity index (χ2n) is 4.48. The normalized spacial score (nSPS) is 27.9. The molecule has 0 unspecified atom stereocenters. The summed E-state index contributed by atoms with van der Waals surface area (Å²) in [5.41, 5.74) is 0. The predicted molar refractivity (Wildman–Crippen MR) is 84.8 cm³/mol. The summed E-state index contributed by atoms with van der Waals surface area (Å²) in [4.78, 5) is 4.03. The van der Waals surface area contributed by atoms with Crippen LogP contribution >= 0.6 is 46.0 Å². The minimum Gasteiger partial charge on any atom is -0.391 e. The van der Waals surface area contributed by atoms with E-state index < -0.39 is 0 Å². The molecule has 2 saturated heterocycles. The number of β-amino-alcohol motifs (C(OH)–C–C–N with tert-alkyl or cyclic N) is 2. The lowest BCUT2D eigenvalue weighted by molar-refractivity contribution is 0.188. The number of hydrogen-bond acceptors (Lipinski definition) is 6. The Bertz CT molecular complexity index is 310. The molecule has 2 N–H and O–H groups in total. The molecule has 0 aromatic heterocycles. The zero-order valence-electron chi connectivity index (χ0n) is 9.82. The van der Waals surface area contributed by atoms with Crippen molar-refractivity contribution in [1.29, 1.82) is 0 Å². The maximum absolute atomic E-state index is 9.45. The molecule has 2 fully saturated rings. The highest BCUT2D eigenvalue weighted by Crippen LogP contribution is 2.31. The van der Waals surface area contributed by atoms with Gasteiger partial charge >= 0.3 is 0 Å². The van der Waals surface area contributed by atoms with E-state index in [-0.39, 0.29) is 12.2 Å². The standard InChI is InChI=1S/C10H16N2O2S4/c13-7-1-3-11(5-7)9(15)17-18-10(16)12-4-2-8(14)6-12/h7-8,13-14H,1-6H2/t7-,8-/m1/s1. The van der Waals surface area contributed by atoms with Gasteiger partial charge in [-0.15, -0.1) is 0 Å². The van der Waals surface area contributed by atoms with Gasteiger partial charge in [0.1, 0.15) is 8.64 Å². The fourth-order valence-electron chi connectivity index (χ4n) is 1.99. The first-order valence-electron chi connectivity index (χ1n) is 5.84. The zero-order chi connectivity index (χ0) is 13.1. The van der Waals surface area contributed by atoms with E-state index in [0.717, 1.165) is 34.6 Å². The Morgan fingerprint density at radius 2 is 1.28 bits per heavy atom. The lowest BCUT2D eigenvalue weighted by atomic mass is 10.3. The van der Waals surface area contributed by atoms with Crippen LogP contribution in [0.25, 0.3) is 0 Å². The molecule has 4 nitrogen and oxygen atoms in total. The van der Waals surface area contributed by atoms with Crippen LogP contribution in [0.1, 0.15) is 12.8 Å². The third-order valence-corrected chi connectivity index (χ3v) is 6.76. The van der Waals surface area contributed by atoms with Crippen molar-refractivity contribution >= 4 is 54.7 Å². The summed E-state index contributed by atoms with van der Waals surface area (Å²) >= 11 is 10.6. The third kappa shape index (κ3) is 3.94. The summed E-state index contributed by atoms with van der Waals surface area (Å²) in [7, 11) is 2.94. The molecule has 0 aromatic rings. The maximum atomic E-state index is 9.45. The Hall–Kier alpha value is 0.400. The first-order chi connectivity index (χ1) is 8.56. The fourth-order valence-corrected chi connectivity index (χ4v) is 4.68. The summed E-state index contributed by atoms with van der Waals surface area (Å²) in [5, 5.41) is 18.9. The number of aliphatic hydroxyl groups excluding tert-OH is 2. The van der Waals surface area contributed by atoms with Crippen molar-refractivity contribution in [3.8, 4) is 0 Å². The highest BCUT2D eigenvalue weighted by molar-refractivity contribution is 8.89. The molecular weight excluding hydrogens is 308 g/mol. The molecule has 0 amide bonds. The van der Waals surface area contributed by atoms with E-state index in [9.17, 15) is 10.2 Å². The van der Waals surface area contributed by atoms with Gasteiger partial charge in [-0.25, -0.2) is 0 Å². The van der Waals surface area contributed by atoms with E-state index in [2.05, 4.69) is 0 Å². The summed E-state index contributed by atoms with van der Waals surface area (Å²) < 4.78 is 1.55. The van der Waals surface area contributed by atoms with Crippen molar-refractivity contribution in [1.82, 2.24) is 9.80 Å². The van der Waals surface area contributed by atoms with Gasteiger partial charge in [-0.3, -0.25) is 0 Å². The number of likely N-dealkylation sites (tertiary alicyclic amines) is 2. The number of rotatable bonds is 0. The first kappa shape index (κ1) is 14.8. The average Bonchev–Trinajstić information content (AvgIpc) is 2.94. The maximum Gasteiger partial charge on any atom is 0.147 e. The Morgan fingerprint density at radius 3 is 1.56 bits per heavy atom. The van der Waals surface area contributed by atoms with Crippen LogP contribution in [0, 0.1) is 0 Å². The Kier molecular flexibility index (Phi) is 5.52. The van der Waals surface area contributed by atoms with Gasteiger partial charge in [0, 0.05) is 26.2 Å². The minimum absolute atomic E-state index is 0.255. The van der Waals surface area contributed by atoms with Crippen molar-refractivity contribution < 1.29 is 10.2 Å². The molecule has 102 valence electrons. The molecule has 0 radical (unpaired) electrons. The smallest absolute Gasteiger partial charge is 0.147 e. The van der Waals surface area contributed by atoms with E-state index in [1.54, 1.807) is 0 Å². The van der Waals surface area contributed by atoms with Crippen molar-refractivity contribution in [3.63, 3.8) is 0 Å². The fraction of sp³-hybridized carbons (Fsp3) is 0.800. The Morgan fingerprint density at radius 1 is 0.889 bits per heavy atom. The van der Waals surface area contributed by atoms with Crippen LogP contribution in [0.2, 0.25) is 0 Å². The highest BCUT2D eigenvalue weighted by Gasteiger charge is 2.25. The molecular formula is C10H16N2O2S4. The topological polar surface area (TPSA) is 46.9 Å². The Labute approximate surface area is 125 Å². The van der Waals surface area contributed by atoms with E-state index in [0.29, 0.717) is 13.1 Å². The highest BCUT2D eigenvalue weighted by atomic mass is 33.1. The molecule has 8 heteroatoms. The molecule has 0 spiro atoms. The average molecular weight is 325 g/mol. The van der Waals surface area contributed by atoms with Crippen molar-refractivity contribution in [3.05, 3.63) is 0 Å². The molecule has 2 atom stereocenters. The molecule has 2 aliphatic rings. The molecule has 18 heavy (non-hydrogen) atoms. The summed E-state index contributed by atoms with van der Waals surface area (Å²) in [5.74, 6) is 0. The van der Waals surface area contributed by atoms with Crippen molar-refractivity contribution in [2.75, 3.05) is 26.2 Å². The minimum atomic E-state index is -0.255. The van der Waals surface area contributed by atoms with Crippen LogP contribution in [-0.4, -0.2) is 67.0 Å². The van der Waals surface area contributed by atoms with E-state index >= 15 is 0 Å². The first-order valence-corrected chi connectivity index (χ1v) is 8.81. The third-order valence-electron chi connectivity index (χ3n) is 3.03. The van der Waals surface area contributed by atoms with Crippen LogP contribution in [-0.2, 0) is 0 Å². The van der Waals surface area contributed by atoms with Crippen LogP contribution < -0.4 is 0 Å². The van der Waals surface area contributed by atoms with Crippen molar-refractivity contribution in [2.45, 2.75) is 25.0 Å². The van der Waals surface area contributed by atoms with Crippen LogP contribution in [0.15, 0.2) is 0 Å². The van der Waals surface area contributed by atoms with Gasteiger partial charge in [0.15, 0.2) is 0 Å². The lowest BCUT2D eigenvalue weighted by Gasteiger charge is -2.20. The van der Waals surface area contributed by atoms with Gasteiger partial charge in [0.05, 0.1) is 12.2 Å². The predicted octanol–water partition coefficient (Wildman–Crippen LogP) is 1.07. The number of thiocarbonyl (C=S) groups is 2. The second kappa shape index (κ2) is 6.71. The molecule has 0 aromatic carbocycles. The van der Waals surface area contributed by atoms with Gasteiger partial charge < -0.3 is 20.0 Å². The molecule has 2 rings (SSSR count). The summed E-state index contributed by atoms with van der Waals surface area (Å²) in [6, 6.07) is 0. The SMILES string of the molecule is O[C@@H]1CCN(C(=S)SSC(=S)N2CC[C@@H](O)C2)C1. The lowest BCUT2D eigenvalue weighted by Crippen LogP contribution is -2.27. The summed E-state index contributed by atoms with van der Waals surface area (Å²) in [6.45, 7) is 2.90. The molecule has 2 heterocycles. The Balaban J connectivity index is 1.71. The van der Waals surface area contributed by atoms with Crippen molar-refractivity contribution in [2.24, 2.45) is 0 Å². The summed E-state index contributed by atoms with van der Waals surface area (Å²) in [6.07, 6.45) is 1.06. The number of aliphatic hydroxyl groups is 2. The monoisotopic (exact) mass is 324 g/mol. The number of hydrogen-bond donors (Lipinski definition) is 2. The molecule has 2 aliphatic heterocycles. The van der Waals surface area contributed by atoms with E-state index in [1.807, 2.05) is 9.80 Å². The zero-order valence-corrected chi connectivity index (χ0v) is 13.1. The van der Waals surface area contributed by atoms with Crippen LogP contribution in [0.4, 0.5) is 0 Å². The molecule has 0 bridgehead atoms. The molecule has 0 saturated carbocycles.